The van der Waals surface area contributed by atoms with Gasteiger partial charge in [-0.05, 0) is 37.3 Å². The number of carbonyl (C=O) groups is 2. The minimum Gasteiger partial charge on any atom is -0.496 e. The number of rotatable bonds is 4. The van der Waals surface area contributed by atoms with Crippen LogP contribution in [0.15, 0.2) is 24.3 Å². The second-order valence-corrected chi connectivity index (χ2v) is 6.38. The van der Waals surface area contributed by atoms with Crippen LogP contribution in [-0.4, -0.2) is 43.0 Å². The number of benzene rings is 1. The molecule has 2 fully saturated rings. The summed E-state index contributed by atoms with van der Waals surface area (Å²) in [5.74, 6) is 1.08. The van der Waals surface area contributed by atoms with E-state index in [9.17, 15) is 9.59 Å². The van der Waals surface area contributed by atoms with Crippen LogP contribution in [-0.2, 0) is 16.0 Å². The third-order valence-corrected chi connectivity index (χ3v) is 4.92. The molecule has 1 N–H and O–H groups in total. The molecular weight excluding hydrogens is 292 g/mol. The Morgan fingerprint density at radius 1 is 1.35 bits per heavy atom. The number of nitrogens with one attached hydrogen (secondary N) is 1. The van der Waals surface area contributed by atoms with Crippen molar-refractivity contribution in [2.24, 2.45) is 5.92 Å². The van der Waals surface area contributed by atoms with E-state index in [2.05, 4.69) is 11.4 Å². The summed E-state index contributed by atoms with van der Waals surface area (Å²) < 4.78 is 5.43. The zero-order valence-corrected chi connectivity index (χ0v) is 13.6. The maximum atomic E-state index is 12.8. The van der Waals surface area contributed by atoms with Crippen molar-refractivity contribution < 1.29 is 14.3 Å². The predicted octanol–water partition coefficient (Wildman–Crippen LogP) is 1.75. The topological polar surface area (TPSA) is 58.6 Å². The van der Waals surface area contributed by atoms with E-state index >= 15 is 0 Å². The third kappa shape index (κ3) is 3.49. The first-order valence-electron chi connectivity index (χ1n) is 8.38. The highest BCUT2D eigenvalue weighted by molar-refractivity contribution is 5.84. The summed E-state index contributed by atoms with van der Waals surface area (Å²) in [5, 5.41) is 2.81. The molecule has 2 heterocycles. The lowest BCUT2D eigenvalue weighted by atomic mass is 9.96. The van der Waals surface area contributed by atoms with Crippen LogP contribution >= 0.6 is 0 Å². The van der Waals surface area contributed by atoms with E-state index in [1.807, 2.05) is 23.1 Å². The standard InChI is InChI=1S/C18H24N2O3/c1-23-16-7-3-2-5-13(16)11-15-6-4-10-20(15)18(22)14-8-9-17(21)19-12-14/h2-3,5,7,14-15H,4,6,8-12H2,1H3,(H,19,21)/t14-,15-/m0/s1. The first-order valence-corrected chi connectivity index (χ1v) is 8.38. The minimum absolute atomic E-state index is 0.0565. The maximum Gasteiger partial charge on any atom is 0.227 e. The molecule has 0 aliphatic carbocycles. The minimum atomic E-state index is -0.0639. The SMILES string of the molecule is COc1ccccc1C[C@@H]1CCCN1C(=O)[C@H]1CCC(=O)NC1. The van der Waals surface area contributed by atoms with Gasteiger partial charge >= 0.3 is 0 Å². The quantitative estimate of drug-likeness (QED) is 0.921. The molecular formula is C18H24N2O3. The second kappa shape index (κ2) is 7.02. The van der Waals surface area contributed by atoms with Crippen molar-refractivity contribution in [3.63, 3.8) is 0 Å². The van der Waals surface area contributed by atoms with Gasteiger partial charge < -0.3 is 15.0 Å². The lowest BCUT2D eigenvalue weighted by molar-refractivity contribution is -0.138. The van der Waals surface area contributed by atoms with Crippen molar-refractivity contribution in [2.45, 2.75) is 38.1 Å². The van der Waals surface area contributed by atoms with Gasteiger partial charge in [-0.15, -0.1) is 0 Å². The Morgan fingerprint density at radius 2 is 2.17 bits per heavy atom. The first-order chi connectivity index (χ1) is 11.2. The molecule has 0 aromatic heterocycles. The number of hydrogen-bond donors (Lipinski definition) is 1. The second-order valence-electron chi connectivity index (χ2n) is 6.38. The van der Waals surface area contributed by atoms with Gasteiger partial charge in [0.15, 0.2) is 0 Å². The highest BCUT2D eigenvalue weighted by Gasteiger charge is 2.34. The van der Waals surface area contributed by atoms with E-state index in [0.29, 0.717) is 19.4 Å². The average molecular weight is 316 g/mol. The van der Waals surface area contributed by atoms with E-state index < -0.39 is 0 Å². The highest BCUT2D eigenvalue weighted by atomic mass is 16.5. The van der Waals surface area contributed by atoms with Crippen molar-refractivity contribution in [3.05, 3.63) is 29.8 Å². The molecule has 23 heavy (non-hydrogen) atoms. The molecule has 1 aromatic rings. The van der Waals surface area contributed by atoms with Crippen LogP contribution in [0.4, 0.5) is 0 Å². The van der Waals surface area contributed by atoms with Gasteiger partial charge in [0.1, 0.15) is 5.75 Å². The first kappa shape index (κ1) is 15.8. The van der Waals surface area contributed by atoms with Crippen LogP contribution in [0.3, 0.4) is 0 Å². The van der Waals surface area contributed by atoms with Gasteiger partial charge in [-0.3, -0.25) is 9.59 Å². The van der Waals surface area contributed by atoms with Gasteiger partial charge in [-0.2, -0.15) is 0 Å². The largest absolute Gasteiger partial charge is 0.496 e. The van der Waals surface area contributed by atoms with Gasteiger partial charge in [-0.25, -0.2) is 0 Å². The molecule has 2 atom stereocenters. The number of piperidine rings is 1. The highest BCUT2D eigenvalue weighted by Crippen LogP contribution is 2.28. The molecule has 0 bridgehead atoms. The lowest BCUT2D eigenvalue weighted by Crippen LogP contribution is -2.46. The molecule has 5 heteroatoms. The average Bonchev–Trinajstić information content (AvgIpc) is 3.03. The van der Waals surface area contributed by atoms with Crippen molar-refractivity contribution in [1.82, 2.24) is 10.2 Å². The number of nitrogens with zero attached hydrogens (tertiary/aromatic N) is 1. The normalized spacial score (nSPS) is 24.4. The van der Waals surface area contributed by atoms with E-state index in [1.165, 1.54) is 0 Å². The van der Waals surface area contributed by atoms with E-state index in [4.69, 9.17) is 4.74 Å². The number of carbonyl (C=O) groups excluding carboxylic acids is 2. The Morgan fingerprint density at radius 3 is 2.91 bits per heavy atom. The summed E-state index contributed by atoms with van der Waals surface area (Å²) in [5.41, 5.74) is 1.15. The van der Waals surface area contributed by atoms with Gasteiger partial charge in [0.25, 0.3) is 0 Å². The molecule has 2 aliphatic heterocycles. The Labute approximate surface area is 137 Å². The van der Waals surface area contributed by atoms with E-state index in [0.717, 1.165) is 37.1 Å². The summed E-state index contributed by atoms with van der Waals surface area (Å²) in [6, 6.07) is 8.24. The summed E-state index contributed by atoms with van der Waals surface area (Å²) in [6.07, 6.45) is 4.03. The van der Waals surface area contributed by atoms with Gasteiger partial charge in [0.2, 0.25) is 11.8 Å². The number of methoxy groups -OCH3 is 1. The monoisotopic (exact) mass is 316 g/mol. The molecule has 0 spiro atoms. The van der Waals surface area contributed by atoms with Gasteiger partial charge in [0.05, 0.1) is 13.0 Å². The Hall–Kier alpha value is -2.04. The molecule has 2 aliphatic rings. The van der Waals surface area contributed by atoms with Crippen LogP contribution in [0.5, 0.6) is 5.75 Å². The van der Waals surface area contributed by atoms with Crippen LogP contribution in [0.25, 0.3) is 0 Å². The van der Waals surface area contributed by atoms with Crippen molar-refractivity contribution in [2.75, 3.05) is 20.2 Å². The van der Waals surface area contributed by atoms with Crippen molar-refractivity contribution in [3.8, 4) is 5.75 Å². The van der Waals surface area contributed by atoms with Gasteiger partial charge in [0, 0.05) is 25.6 Å². The summed E-state index contributed by atoms with van der Waals surface area (Å²) in [7, 11) is 1.68. The fourth-order valence-electron chi connectivity index (χ4n) is 3.64. The Balaban J connectivity index is 1.67. The van der Waals surface area contributed by atoms with E-state index in [1.54, 1.807) is 7.11 Å². The Bertz CT molecular complexity index is 577. The lowest BCUT2D eigenvalue weighted by Gasteiger charge is -2.31. The molecule has 2 saturated heterocycles. The third-order valence-electron chi connectivity index (χ3n) is 4.92. The molecule has 0 radical (unpaired) electrons. The van der Waals surface area contributed by atoms with E-state index in [-0.39, 0.29) is 23.8 Å². The van der Waals surface area contributed by atoms with Crippen LogP contribution in [0, 0.1) is 5.92 Å². The summed E-state index contributed by atoms with van der Waals surface area (Å²) >= 11 is 0. The number of amides is 2. The van der Waals surface area contributed by atoms with Crippen LogP contribution in [0.1, 0.15) is 31.2 Å². The number of para-hydroxylation sites is 1. The van der Waals surface area contributed by atoms with Crippen molar-refractivity contribution in [1.29, 1.82) is 0 Å². The van der Waals surface area contributed by atoms with Crippen molar-refractivity contribution >= 4 is 11.8 Å². The summed E-state index contributed by atoms with van der Waals surface area (Å²) in [6.45, 7) is 1.30. The fraction of sp³-hybridized carbons (Fsp3) is 0.556. The molecule has 5 nitrogen and oxygen atoms in total. The van der Waals surface area contributed by atoms with Crippen LogP contribution in [0.2, 0.25) is 0 Å². The zero-order chi connectivity index (χ0) is 16.2. The smallest absolute Gasteiger partial charge is 0.227 e. The molecule has 2 amide bonds. The number of ether oxygens (including phenoxy) is 1. The molecule has 124 valence electrons. The Kier molecular flexibility index (Phi) is 4.84. The molecule has 0 unspecified atom stereocenters. The molecule has 0 saturated carbocycles. The molecule has 3 rings (SSSR count). The zero-order valence-electron chi connectivity index (χ0n) is 13.6. The summed E-state index contributed by atoms with van der Waals surface area (Å²) in [4.78, 5) is 26.1. The number of likely N-dealkylation sites (tertiary alicyclic amines) is 1. The van der Waals surface area contributed by atoms with Gasteiger partial charge in [-0.1, -0.05) is 18.2 Å². The fourth-order valence-corrected chi connectivity index (χ4v) is 3.64. The maximum absolute atomic E-state index is 12.8. The molecule has 1 aromatic carbocycles. The number of hydrogen-bond acceptors (Lipinski definition) is 3. The predicted molar refractivity (Wildman–Crippen MR) is 87.2 cm³/mol. The van der Waals surface area contributed by atoms with Crippen LogP contribution < -0.4 is 10.1 Å².